The lowest BCUT2D eigenvalue weighted by molar-refractivity contribution is -0.146. The molecule has 1 aromatic heterocycles. The van der Waals surface area contributed by atoms with Crippen LogP contribution in [0.15, 0.2) is 10.9 Å². The van der Waals surface area contributed by atoms with Gasteiger partial charge in [0.25, 0.3) is 11.5 Å². The van der Waals surface area contributed by atoms with Crippen LogP contribution in [0.5, 0.6) is 0 Å². The molecule has 2 rings (SSSR count). The van der Waals surface area contributed by atoms with Gasteiger partial charge in [0.05, 0.1) is 13.0 Å². The number of pyridine rings is 1. The van der Waals surface area contributed by atoms with Crippen LogP contribution in [0.2, 0.25) is 0 Å². The van der Waals surface area contributed by atoms with Gasteiger partial charge in [-0.2, -0.15) is 0 Å². The van der Waals surface area contributed by atoms with Crippen molar-refractivity contribution in [3.63, 3.8) is 0 Å². The standard InChI is InChI=1S/C15H20N2O4/c1-8-5-10(3)16-13(18)12(8)14(19)17-6-9(2)11(7-17)15(20)21-4/h5,9,11H,6-7H2,1-4H3,(H,16,18). The molecule has 1 aliphatic rings. The summed E-state index contributed by atoms with van der Waals surface area (Å²) in [6, 6.07) is 1.77. The molecule has 2 heterocycles. The van der Waals surface area contributed by atoms with Crippen LogP contribution in [0.25, 0.3) is 0 Å². The maximum Gasteiger partial charge on any atom is 0.310 e. The lowest BCUT2D eigenvalue weighted by Crippen LogP contribution is -2.35. The first-order valence-electron chi connectivity index (χ1n) is 6.92. The van der Waals surface area contributed by atoms with Gasteiger partial charge < -0.3 is 14.6 Å². The van der Waals surface area contributed by atoms with Crippen molar-refractivity contribution in [2.24, 2.45) is 11.8 Å². The number of aromatic nitrogens is 1. The predicted molar refractivity (Wildman–Crippen MR) is 77.1 cm³/mol. The summed E-state index contributed by atoms with van der Waals surface area (Å²) in [5, 5.41) is 0. The quantitative estimate of drug-likeness (QED) is 0.820. The minimum atomic E-state index is -0.383. The highest BCUT2D eigenvalue weighted by Crippen LogP contribution is 2.25. The second-order valence-corrected chi connectivity index (χ2v) is 5.66. The van der Waals surface area contributed by atoms with Crippen LogP contribution in [0.1, 0.15) is 28.5 Å². The van der Waals surface area contributed by atoms with E-state index in [1.54, 1.807) is 24.8 Å². The van der Waals surface area contributed by atoms with Crippen molar-refractivity contribution in [3.8, 4) is 0 Å². The van der Waals surface area contributed by atoms with Gasteiger partial charge in [0.2, 0.25) is 0 Å². The predicted octanol–water partition coefficient (Wildman–Crippen LogP) is 0.873. The van der Waals surface area contributed by atoms with Crippen molar-refractivity contribution in [1.29, 1.82) is 0 Å². The minimum absolute atomic E-state index is 0.0197. The van der Waals surface area contributed by atoms with Crippen LogP contribution in [-0.2, 0) is 9.53 Å². The number of nitrogens with zero attached hydrogens (tertiary/aromatic N) is 1. The van der Waals surface area contributed by atoms with Crippen LogP contribution in [0.4, 0.5) is 0 Å². The van der Waals surface area contributed by atoms with Crippen LogP contribution in [-0.4, -0.2) is 42.0 Å². The van der Waals surface area contributed by atoms with E-state index in [2.05, 4.69) is 4.98 Å². The number of aromatic amines is 1. The molecule has 6 heteroatoms. The molecule has 0 radical (unpaired) electrons. The van der Waals surface area contributed by atoms with Crippen LogP contribution < -0.4 is 5.56 Å². The maximum atomic E-state index is 12.6. The SMILES string of the molecule is COC(=O)C1CN(C(=O)c2c(C)cc(C)[nH]c2=O)CC1C. The molecule has 1 aliphatic heterocycles. The molecule has 0 aliphatic carbocycles. The summed E-state index contributed by atoms with van der Waals surface area (Å²) >= 11 is 0. The largest absolute Gasteiger partial charge is 0.469 e. The Morgan fingerprint density at radius 3 is 2.57 bits per heavy atom. The van der Waals surface area contributed by atoms with E-state index in [9.17, 15) is 14.4 Å². The molecule has 1 N–H and O–H groups in total. The molecule has 1 amide bonds. The number of nitrogens with one attached hydrogen (secondary N) is 1. The van der Waals surface area contributed by atoms with Crippen molar-refractivity contribution in [1.82, 2.24) is 9.88 Å². The smallest absolute Gasteiger partial charge is 0.310 e. The van der Waals surface area contributed by atoms with Gasteiger partial charge in [-0.25, -0.2) is 0 Å². The van der Waals surface area contributed by atoms with Gasteiger partial charge in [-0.3, -0.25) is 14.4 Å². The van der Waals surface area contributed by atoms with Crippen molar-refractivity contribution >= 4 is 11.9 Å². The highest BCUT2D eigenvalue weighted by atomic mass is 16.5. The summed E-state index contributed by atoms with van der Waals surface area (Å²) in [5.41, 5.74) is 1.14. The average molecular weight is 292 g/mol. The number of esters is 1. The Bertz CT molecular complexity index is 635. The van der Waals surface area contributed by atoms with Crippen molar-refractivity contribution in [3.05, 3.63) is 33.2 Å². The normalized spacial score (nSPS) is 21.4. The number of H-pyrrole nitrogens is 1. The summed E-state index contributed by atoms with van der Waals surface area (Å²) in [5.74, 6) is -0.950. The van der Waals surface area contributed by atoms with Crippen molar-refractivity contribution in [2.45, 2.75) is 20.8 Å². The number of carbonyl (C=O) groups is 2. The van der Waals surface area contributed by atoms with Gasteiger partial charge in [-0.1, -0.05) is 6.92 Å². The maximum absolute atomic E-state index is 12.6. The molecule has 1 saturated heterocycles. The summed E-state index contributed by atoms with van der Waals surface area (Å²) < 4.78 is 4.76. The Morgan fingerprint density at radius 2 is 2.00 bits per heavy atom. The fourth-order valence-electron chi connectivity index (χ4n) is 2.87. The highest BCUT2D eigenvalue weighted by molar-refractivity contribution is 5.96. The molecular weight excluding hydrogens is 272 g/mol. The first-order chi connectivity index (χ1) is 9.85. The number of rotatable bonds is 2. The third kappa shape index (κ3) is 2.84. The minimum Gasteiger partial charge on any atom is -0.469 e. The fourth-order valence-corrected chi connectivity index (χ4v) is 2.87. The third-order valence-corrected chi connectivity index (χ3v) is 3.98. The molecule has 1 fully saturated rings. The van der Waals surface area contributed by atoms with Crippen LogP contribution in [0, 0.1) is 25.7 Å². The van der Waals surface area contributed by atoms with E-state index >= 15 is 0 Å². The summed E-state index contributed by atoms with van der Waals surface area (Å²) in [7, 11) is 1.34. The Morgan fingerprint density at radius 1 is 1.33 bits per heavy atom. The van der Waals surface area contributed by atoms with Crippen molar-refractivity contribution < 1.29 is 14.3 Å². The molecule has 0 spiro atoms. The zero-order valence-electron chi connectivity index (χ0n) is 12.7. The van der Waals surface area contributed by atoms with Gasteiger partial charge in [-0.05, 0) is 31.4 Å². The summed E-state index contributed by atoms with van der Waals surface area (Å²) in [4.78, 5) is 40.5. The number of aryl methyl sites for hydroxylation is 2. The first kappa shape index (κ1) is 15.3. The number of hydrogen-bond acceptors (Lipinski definition) is 4. The average Bonchev–Trinajstić information content (AvgIpc) is 2.78. The Balaban J connectivity index is 2.27. The number of ether oxygens (including phenoxy) is 1. The Kier molecular flexibility index (Phi) is 4.16. The first-order valence-corrected chi connectivity index (χ1v) is 6.92. The van der Waals surface area contributed by atoms with E-state index in [0.717, 1.165) is 5.69 Å². The van der Waals surface area contributed by atoms with Gasteiger partial charge in [0, 0.05) is 18.8 Å². The summed E-state index contributed by atoms with van der Waals surface area (Å²) in [6.07, 6.45) is 0. The monoisotopic (exact) mass is 292 g/mol. The number of carbonyl (C=O) groups excluding carboxylic acids is 2. The second kappa shape index (κ2) is 5.71. The van der Waals surface area contributed by atoms with Gasteiger partial charge in [0.1, 0.15) is 5.56 Å². The van der Waals surface area contributed by atoms with E-state index in [1.807, 2.05) is 6.92 Å². The van der Waals surface area contributed by atoms with Crippen LogP contribution >= 0.6 is 0 Å². The molecule has 2 unspecified atom stereocenters. The van der Waals surface area contributed by atoms with Gasteiger partial charge in [0.15, 0.2) is 0 Å². The lowest BCUT2D eigenvalue weighted by Gasteiger charge is -2.17. The lowest BCUT2D eigenvalue weighted by atomic mass is 9.99. The Labute approximate surface area is 123 Å². The second-order valence-electron chi connectivity index (χ2n) is 5.66. The molecule has 0 aromatic carbocycles. The molecule has 2 atom stereocenters. The number of hydrogen-bond donors (Lipinski definition) is 1. The summed E-state index contributed by atoms with van der Waals surface area (Å²) in [6.45, 7) is 6.16. The number of methoxy groups -OCH3 is 1. The highest BCUT2D eigenvalue weighted by Gasteiger charge is 2.38. The van der Waals surface area contributed by atoms with E-state index < -0.39 is 0 Å². The fraction of sp³-hybridized carbons (Fsp3) is 0.533. The van der Waals surface area contributed by atoms with E-state index in [-0.39, 0.29) is 34.8 Å². The van der Waals surface area contributed by atoms with Crippen molar-refractivity contribution in [2.75, 3.05) is 20.2 Å². The number of likely N-dealkylation sites (tertiary alicyclic amines) is 1. The third-order valence-electron chi connectivity index (χ3n) is 3.98. The molecule has 21 heavy (non-hydrogen) atoms. The Hall–Kier alpha value is -2.11. The topological polar surface area (TPSA) is 79.5 Å². The molecular formula is C15H20N2O4. The number of amides is 1. The zero-order valence-corrected chi connectivity index (χ0v) is 12.7. The van der Waals surface area contributed by atoms with Crippen LogP contribution in [0.3, 0.4) is 0 Å². The molecule has 6 nitrogen and oxygen atoms in total. The van der Waals surface area contributed by atoms with Gasteiger partial charge >= 0.3 is 5.97 Å². The molecule has 1 aromatic rings. The van der Waals surface area contributed by atoms with E-state index in [4.69, 9.17) is 4.74 Å². The zero-order chi connectivity index (χ0) is 15.7. The van der Waals surface area contributed by atoms with E-state index in [1.165, 1.54) is 7.11 Å². The van der Waals surface area contributed by atoms with Gasteiger partial charge in [-0.15, -0.1) is 0 Å². The molecule has 114 valence electrons. The van der Waals surface area contributed by atoms with E-state index in [0.29, 0.717) is 18.7 Å². The molecule has 0 bridgehead atoms. The molecule has 0 saturated carbocycles.